The molecule has 0 aromatic heterocycles. The van der Waals surface area contributed by atoms with Crippen molar-refractivity contribution in [2.75, 3.05) is 11.1 Å². The third-order valence-electron chi connectivity index (χ3n) is 2.07. The topological polar surface area (TPSA) is 46.2 Å². The predicted molar refractivity (Wildman–Crippen MR) is 64.3 cm³/mol. The van der Waals surface area contributed by atoms with Gasteiger partial charge in [0.25, 0.3) is 0 Å². The van der Waals surface area contributed by atoms with Crippen molar-refractivity contribution < 1.29 is 8.42 Å². The van der Waals surface area contributed by atoms with Crippen LogP contribution in [0.15, 0.2) is 0 Å². The van der Waals surface area contributed by atoms with Gasteiger partial charge in [-0.1, -0.05) is 43.1 Å². The number of sulfonamides is 1. The lowest BCUT2D eigenvalue weighted by Crippen LogP contribution is -2.40. The van der Waals surface area contributed by atoms with Crippen LogP contribution < -0.4 is 4.72 Å². The molecule has 5 heteroatoms. The minimum atomic E-state index is -3.08. The molecule has 0 spiro atoms. The molecule has 3 nitrogen and oxygen atoms in total. The van der Waals surface area contributed by atoms with Gasteiger partial charge in [-0.2, -0.15) is 0 Å². The monoisotopic (exact) mass is 285 g/mol. The number of hydrogen-bond acceptors (Lipinski definition) is 2. The Hall–Kier alpha value is 0.390. The zero-order valence-electron chi connectivity index (χ0n) is 9.09. The van der Waals surface area contributed by atoms with Gasteiger partial charge in [-0.25, -0.2) is 13.1 Å². The second-order valence-corrected chi connectivity index (χ2v) is 6.32. The van der Waals surface area contributed by atoms with Gasteiger partial charge < -0.3 is 0 Å². The first kappa shape index (κ1) is 14.4. The molecule has 1 unspecified atom stereocenters. The normalized spacial score (nSPS) is 14.6. The lowest BCUT2D eigenvalue weighted by atomic mass is 10.1. The van der Waals surface area contributed by atoms with Crippen molar-refractivity contribution in [3.63, 3.8) is 0 Å². The molecule has 0 aliphatic carbocycles. The molecule has 0 rings (SSSR count). The van der Waals surface area contributed by atoms with Crippen LogP contribution in [0.4, 0.5) is 0 Å². The molecule has 0 aromatic rings. The molecule has 0 heterocycles. The Balaban J connectivity index is 4.18. The number of hydrogen-bond donors (Lipinski definition) is 1. The third-order valence-corrected chi connectivity index (χ3v) is 4.25. The molecular formula is C9H20BrNO2S. The number of unbranched alkanes of at least 4 members (excludes halogenated alkanes) is 1. The standard InChI is InChI=1S/C9H20BrNO2S/c1-4-5-6-14(12,13)11-9(7-10)8(2)3/h8-9,11H,4-7H2,1-3H3. The minimum Gasteiger partial charge on any atom is -0.212 e. The maximum absolute atomic E-state index is 11.5. The highest BCUT2D eigenvalue weighted by Crippen LogP contribution is 2.07. The van der Waals surface area contributed by atoms with E-state index in [4.69, 9.17) is 0 Å². The molecule has 86 valence electrons. The van der Waals surface area contributed by atoms with Crippen molar-refractivity contribution >= 4 is 26.0 Å². The van der Waals surface area contributed by atoms with Gasteiger partial charge in [-0.15, -0.1) is 0 Å². The number of halogens is 1. The maximum atomic E-state index is 11.5. The van der Waals surface area contributed by atoms with Crippen molar-refractivity contribution in [1.82, 2.24) is 4.72 Å². The average Bonchev–Trinajstić information content (AvgIpc) is 2.10. The summed E-state index contributed by atoms with van der Waals surface area (Å²) in [5.41, 5.74) is 0. The average molecular weight is 286 g/mol. The molecule has 0 aromatic carbocycles. The van der Waals surface area contributed by atoms with E-state index in [2.05, 4.69) is 20.7 Å². The third kappa shape index (κ3) is 5.98. The van der Waals surface area contributed by atoms with Crippen LogP contribution in [0.1, 0.15) is 33.6 Å². The predicted octanol–water partition coefficient (Wildman–Crippen LogP) is 2.13. The quantitative estimate of drug-likeness (QED) is 0.729. The number of nitrogens with one attached hydrogen (secondary N) is 1. The van der Waals surface area contributed by atoms with E-state index >= 15 is 0 Å². The first-order valence-electron chi connectivity index (χ1n) is 4.99. The Morgan fingerprint density at radius 1 is 1.36 bits per heavy atom. The smallest absolute Gasteiger partial charge is 0.211 e. The molecule has 14 heavy (non-hydrogen) atoms. The lowest BCUT2D eigenvalue weighted by Gasteiger charge is -2.19. The molecular weight excluding hydrogens is 266 g/mol. The van der Waals surface area contributed by atoms with Crippen LogP contribution in [0.25, 0.3) is 0 Å². The van der Waals surface area contributed by atoms with Crippen LogP contribution in [0.5, 0.6) is 0 Å². The van der Waals surface area contributed by atoms with Gasteiger partial charge in [0.15, 0.2) is 0 Å². The van der Waals surface area contributed by atoms with Crippen molar-refractivity contribution in [3.05, 3.63) is 0 Å². The zero-order chi connectivity index (χ0) is 11.2. The summed E-state index contributed by atoms with van der Waals surface area (Å²) in [5, 5.41) is 0.663. The van der Waals surface area contributed by atoms with E-state index in [-0.39, 0.29) is 11.8 Å². The van der Waals surface area contributed by atoms with E-state index in [1.165, 1.54) is 0 Å². The summed E-state index contributed by atoms with van der Waals surface area (Å²) >= 11 is 3.31. The van der Waals surface area contributed by atoms with Crippen molar-refractivity contribution in [1.29, 1.82) is 0 Å². The zero-order valence-corrected chi connectivity index (χ0v) is 11.5. The Labute approximate surface area is 95.8 Å². The fourth-order valence-corrected chi connectivity index (χ4v) is 3.70. The van der Waals surface area contributed by atoms with Gasteiger partial charge >= 0.3 is 0 Å². The summed E-state index contributed by atoms with van der Waals surface area (Å²) in [6.45, 7) is 6.00. The van der Waals surface area contributed by atoms with Crippen LogP contribution in [-0.4, -0.2) is 25.5 Å². The maximum Gasteiger partial charge on any atom is 0.211 e. The lowest BCUT2D eigenvalue weighted by molar-refractivity contribution is 0.483. The van der Waals surface area contributed by atoms with Gasteiger partial charge in [-0.3, -0.25) is 0 Å². The van der Waals surface area contributed by atoms with Crippen LogP contribution in [0.2, 0.25) is 0 Å². The first-order chi connectivity index (χ1) is 6.43. The molecule has 1 N–H and O–H groups in total. The highest BCUT2D eigenvalue weighted by molar-refractivity contribution is 9.09. The van der Waals surface area contributed by atoms with Gasteiger partial charge in [0, 0.05) is 11.4 Å². The number of alkyl halides is 1. The Morgan fingerprint density at radius 3 is 2.29 bits per heavy atom. The number of rotatable bonds is 7. The Kier molecular flexibility index (Phi) is 6.99. The van der Waals surface area contributed by atoms with Gasteiger partial charge in [0.2, 0.25) is 10.0 Å². The summed E-state index contributed by atoms with van der Waals surface area (Å²) in [4.78, 5) is 0. The highest BCUT2D eigenvalue weighted by atomic mass is 79.9. The molecule has 0 saturated heterocycles. The van der Waals surface area contributed by atoms with Gasteiger partial charge in [0.1, 0.15) is 0 Å². The second kappa shape index (κ2) is 6.80. The summed E-state index contributed by atoms with van der Waals surface area (Å²) in [5.74, 6) is 0.547. The molecule has 0 aliphatic heterocycles. The minimum absolute atomic E-state index is 0.00291. The summed E-state index contributed by atoms with van der Waals surface area (Å²) in [6, 6.07) is -0.00291. The van der Waals surface area contributed by atoms with E-state index in [9.17, 15) is 8.42 Å². The SMILES string of the molecule is CCCCS(=O)(=O)NC(CBr)C(C)C. The molecule has 0 amide bonds. The van der Waals surface area contributed by atoms with Gasteiger partial charge in [0.05, 0.1) is 5.75 Å². The molecule has 0 bridgehead atoms. The summed E-state index contributed by atoms with van der Waals surface area (Å²) in [7, 11) is -3.08. The highest BCUT2D eigenvalue weighted by Gasteiger charge is 2.18. The van der Waals surface area contributed by atoms with Crippen molar-refractivity contribution in [3.8, 4) is 0 Å². The summed E-state index contributed by atoms with van der Waals surface area (Å²) in [6.07, 6.45) is 1.63. The molecule has 0 fully saturated rings. The van der Waals surface area contributed by atoms with E-state index < -0.39 is 10.0 Å². The van der Waals surface area contributed by atoms with Crippen molar-refractivity contribution in [2.24, 2.45) is 5.92 Å². The van der Waals surface area contributed by atoms with Crippen LogP contribution in [0.3, 0.4) is 0 Å². The van der Waals surface area contributed by atoms with E-state index in [1.807, 2.05) is 20.8 Å². The van der Waals surface area contributed by atoms with E-state index in [0.717, 1.165) is 12.8 Å². The largest absolute Gasteiger partial charge is 0.212 e. The first-order valence-corrected chi connectivity index (χ1v) is 7.76. The van der Waals surface area contributed by atoms with Crippen LogP contribution in [-0.2, 0) is 10.0 Å². The molecule has 0 saturated carbocycles. The fraction of sp³-hybridized carbons (Fsp3) is 1.00. The molecule has 1 atom stereocenters. The fourth-order valence-electron chi connectivity index (χ4n) is 0.970. The molecule has 0 radical (unpaired) electrons. The van der Waals surface area contributed by atoms with E-state index in [0.29, 0.717) is 11.2 Å². The summed E-state index contributed by atoms with van der Waals surface area (Å²) < 4.78 is 25.8. The second-order valence-electron chi connectivity index (χ2n) is 3.80. The van der Waals surface area contributed by atoms with Gasteiger partial charge in [-0.05, 0) is 12.3 Å². The van der Waals surface area contributed by atoms with Crippen LogP contribution in [0, 0.1) is 5.92 Å². The van der Waals surface area contributed by atoms with Crippen molar-refractivity contribution in [2.45, 2.75) is 39.7 Å². The van der Waals surface area contributed by atoms with Crippen LogP contribution >= 0.6 is 15.9 Å². The Morgan fingerprint density at radius 2 is 1.93 bits per heavy atom. The Bertz CT molecular complexity index is 239. The molecule has 0 aliphatic rings. The van der Waals surface area contributed by atoms with E-state index in [1.54, 1.807) is 0 Å².